The van der Waals surface area contributed by atoms with Crippen molar-refractivity contribution < 1.29 is 17.6 Å². The van der Waals surface area contributed by atoms with Crippen LogP contribution in [0, 0.1) is 22.6 Å². The summed E-state index contributed by atoms with van der Waals surface area (Å²) in [6, 6.07) is 7.03. The van der Waals surface area contributed by atoms with E-state index >= 15 is 0 Å². The van der Waals surface area contributed by atoms with Crippen LogP contribution in [0.3, 0.4) is 0 Å². The van der Waals surface area contributed by atoms with E-state index in [-0.39, 0.29) is 5.75 Å². The Morgan fingerprint density at radius 3 is 2.42 bits per heavy atom. The largest absolute Gasteiger partial charge is 0.302 e. The second-order valence-electron chi connectivity index (χ2n) is 4.56. The summed E-state index contributed by atoms with van der Waals surface area (Å²) in [5.41, 5.74) is -1.04. The molecule has 0 heterocycles. The monoisotopic (exact) mass is 281 g/mol. The van der Waals surface area contributed by atoms with E-state index in [2.05, 4.69) is 0 Å². The first-order chi connectivity index (χ1) is 8.93. The van der Waals surface area contributed by atoms with Gasteiger partial charge in [0.2, 0.25) is 0 Å². The predicted octanol–water partition coefficient (Wildman–Crippen LogP) is 1.44. The molecule has 0 amide bonds. The number of hydrogen-bond acceptors (Lipinski definition) is 4. The van der Waals surface area contributed by atoms with Crippen LogP contribution in [0.25, 0.3) is 0 Å². The van der Waals surface area contributed by atoms with Gasteiger partial charge in [0.15, 0.2) is 9.84 Å². The highest BCUT2D eigenvalue weighted by Crippen LogP contribution is 2.61. The van der Waals surface area contributed by atoms with Crippen LogP contribution in [-0.4, -0.2) is 25.7 Å². The molecule has 0 spiro atoms. The van der Waals surface area contributed by atoms with Crippen LogP contribution < -0.4 is 0 Å². The molecule has 0 saturated heterocycles. The maximum Gasteiger partial charge on any atom is 0.155 e. The molecule has 19 heavy (non-hydrogen) atoms. The SMILES string of the molecule is CCS(=O)(=O)[C@@H]1[C@H](c2ccc(F)cc2)[C@]1(C#N)C=O. The summed E-state index contributed by atoms with van der Waals surface area (Å²) in [7, 11) is -3.51. The van der Waals surface area contributed by atoms with E-state index in [1.807, 2.05) is 6.07 Å². The first-order valence-electron chi connectivity index (χ1n) is 5.77. The summed E-state index contributed by atoms with van der Waals surface area (Å²) in [6.07, 6.45) is 0.402. The molecule has 1 aromatic rings. The Balaban J connectivity index is 2.49. The fourth-order valence-corrected chi connectivity index (χ4v) is 4.41. The third kappa shape index (κ3) is 1.94. The number of carbonyl (C=O) groups excluding carboxylic acids is 1. The summed E-state index contributed by atoms with van der Waals surface area (Å²) >= 11 is 0. The second-order valence-corrected chi connectivity index (χ2v) is 6.97. The molecular formula is C13H12FNO3S. The van der Waals surface area contributed by atoms with E-state index in [9.17, 15) is 17.6 Å². The van der Waals surface area contributed by atoms with Crippen molar-refractivity contribution in [2.24, 2.45) is 5.41 Å². The zero-order valence-electron chi connectivity index (χ0n) is 10.2. The maximum atomic E-state index is 12.9. The molecular weight excluding hydrogens is 269 g/mol. The number of nitriles is 1. The topological polar surface area (TPSA) is 75.0 Å². The minimum absolute atomic E-state index is 0.132. The lowest BCUT2D eigenvalue weighted by Gasteiger charge is -1.99. The summed E-state index contributed by atoms with van der Waals surface area (Å²) in [4.78, 5) is 11.2. The van der Waals surface area contributed by atoms with Gasteiger partial charge in [0.1, 0.15) is 17.5 Å². The smallest absolute Gasteiger partial charge is 0.155 e. The van der Waals surface area contributed by atoms with Crippen molar-refractivity contribution in [2.75, 3.05) is 5.75 Å². The number of rotatable bonds is 4. The van der Waals surface area contributed by atoms with Crippen molar-refractivity contribution in [3.63, 3.8) is 0 Å². The van der Waals surface area contributed by atoms with Crippen molar-refractivity contribution in [2.45, 2.75) is 18.1 Å². The number of nitrogens with zero attached hydrogens (tertiary/aromatic N) is 1. The normalized spacial score (nSPS) is 29.5. The van der Waals surface area contributed by atoms with Crippen molar-refractivity contribution in [3.8, 4) is 6.07 Å². The third-order valence-electron chi connectivity index (χ3n) is 3.59. The van der Waals surface area contributed by atoms with E-state index in [0.29, 0.717) is 11.8 Å². The Morgan fingerprint density at radius 2 is 2.00 bits per heavy atom. The molecule has 1 aliphatic carbocycles. The minimum Gasteiger partial charge on any atom is -0.302 e. The van der Waals surface area contributed by atoms with Gasteiger partial charge in [0, 0.05) is 11.7 Å². The van der Waals surface area contributed by atoms with Gasteiger partial charge in [-0.15, -0.1) is 0 Å². The molecule has 0 bridgehead atoms. The van der Waals surface area contributed by atoms with Crippen LogP contribution in [0.5, 0.6) is 0 Å². The average molecular weight is 281 g/mol. The van der Waals surface area contributed by atoms with Crippen LogP contribution in [0.1, 0.15) is 18.4 Å². The third-order valence-corrected chi connectivity index (χ3v) is 5.83. The highest BCUT2D eigenvalue weighted by Gasteiger charge is 2.72. The summed E-state index contributed by atoms with van der Waals surface area (Å²) in [5.74, 6) is -1.29. The zero-order chi connectivity index (χ0) is 14.3. The van der Waals surface area contributed by atoms with Crippen molar-refractivity contribution >= 4 is 16.1 Å². The molecule has 6 heteroatoms. The van der Waals surface area contributed by atoms with Crippen LogP contribution in [-0.2, 0) is 14.6 Å². The Bertz CT molecular complexity index is 647. The molecule has 0 radical (unpaired) electrons. The first kappa shape index (κ1) is 13.7. The van der Waals surface area contributed by atoms with Gasteiger partial charge in [-0.3, -0.25) is 0 Å². The van der Waals surface area contributed by atoms with Crippen molar-refractivity contribution in [1.82, 2.24) is 0 Å². The van der Waals surface area contributed by atoms with Gasteiger partial charge in [-0.25, -0.2) is 12.8 Å². The summed E-state index contributed by atoms with van der Waals surface area (Å²) in [5, 5.41) is 8.12. The van der Waals surface area contributed by atoms with Crippen molar-refractivity contribution in [1.29, 1.82) is 5.26 Å². The van der Waals surface area contributed by atoms with E-state index in [0.717, 1.165) is 0 Å². The Hall–Kier alpha value is -1.74. The summed E-state index contributed by atoms with van der Waals surface area (Å²) < 4.78 is 36.8. The molecule has 4 nitrogen and oxygen atoms in total. The Labute approximate surface area is 110 Å². The van der Waals surface area contributed by atoms with E-state index < -0.39 is 32.2 Å². The number of halogens is 1. The van der Waals surface area contributed by atoms with Gasteiger partial charge in [0.25, 0.3) is 0 Å². The molecule has 1 aliphatic rings. The number of sulfone groups is 1. The zero-order valence-corrected chi connectivity index (χ0v) is 11.0. The van der Waals surface area contributed by atoms with Gasteiger partial charge in [-0.2, -0.15) is 5.26 Å². The fraction of sp³-hybridized carbons (Fsp3) is 0.385. The first-order valence-corrected chi connectivity index (χ1v) is 7.49. The fourth-order valence-electron chi connectivity index (χ4n) is 2.48. The molecule has 2 rings (SSSR count). The standard InChI is InChI=1S/C13H12FNO3S/c1-2-19(17,18)12-11(13(12,7-15)8-16)9-3-5-10(14)6-4-9/h3-6,8,11-12H,2H2,1H3/t11-,12+,13-/m0/s1. The summed E-state index contributed by atoms with van der Waals surface area (Å²) in [6.45, 7) is 1.47. The lowest BCUT2D eigenvalue weighted by Crippen LogP contribution is -2.17. The van der Waals surface area contributed by atoms with Crippen LogP contribution in [0.4, 0.5) is 4.39 Å². The quantitative estimate of drug-likeness (QED) is 0.782. The Morgan fingerprint density at radius 1 is 1.42 bits per heavy atom. The minimum atomic E-state index is -3.51. The van der Waals surface area contributed by atoms with E-state index in [1.54, 1.807) is 0 Å². The number of hydrogen-bond donors (Lipinski definition) is 0. The molecule has 1 saturated carbocycles. The van der Waals surface area contributed by atoms with Gasteiger partial charge in [0.05, 0.1) is 11.3 Å². The molecule has 0 N–H and O–H groups in total. The van der Waals surface area contributed by atoms with Gasteiger partial charge < -0.3 is 4.79 Å². The van der Waals surface area contributed by atoms with Crippen LogP contribution in [0.2, 0.25) is 0 Å². The van der Waals surface area contributed by atoms with Crippen LogP contribution >= 0.6 is 0 Å². The molecule has 1 aromatic carbocycles. The molecule has 0 aliphatic heterocycles. The average Bonchev–Trinajstić information content (AvgIpc) is 3.10. The van der Waals surface area contributed by atoms with Crippen LogP contribution in [0.15, 0.2) is 24.3 Å². The predicted molar refractivity (Wildman–Crippen MR) is 66.5 cm³/mol. The molecule has 0 unspecified atom stereocenters. The van der Waals surface area contributed by atoms with Gasteiger partial charge in [-0.1, -0.05) is 19.1 Å². The number of benzene rings is 1. The van der Waals surface area contributed by atoms with E-state index in [1.165, 1.54) is 31.2 Å². The Kier molecular flexibility index (Phi) is 3.19. The highest BCUT2D eigenvalue weighted by atomic mass is 32.2. The van der Waals surface area contributed by atoms with Gasteiger partial charge in [-0.05, 0) is 17.7 Å². The molecule has 3 atom stereocenters. The lowest BCUT2D eigenvalue weighted by molar-refractivity contribution is -0.110. The van der Waals surface area contributed by atoms with Gasteiger partial charge >= 0.3 is 0 Å². The molecule has 100 valence electrons. The number of aldehydes is 1. The van der Waals surface area contributed by atoms with E-state index in [4.69, 9.17) is 5.26 Å². The highest BCUT2D eigenvalue weighted by molar-refractivity contribution is 7.92. The maximum absolute atomic E-state index is 12.9. The molecule has 1 fully saturated rings. The number of carbonyl (C=O) groups is 1. The molecule has 0 aromatic heterocycles. The second kappa shape index (κ2) is 4.42. The van der Waals surface area contributed by atoms with Crippen molar-refractivity contribution in [3.05, 3.63) is 35.6 Å². The lowest BCUT2D eigenvalue weighted by atomic mass is 10.0.